The number of hydrogen-bond donors (Lipinski definition) is 0. The lowest BCUT2D eigenvalue weighted by Gasteiger charge is -2.36. The number of nitrogens with zero attached hydrogens (tertiary/aromatic N) is 1. The Kier molecular flexibility index (Phi) is 6.48. The fourth-order valence-electron chi connectivity index (χ4n) is 2.73. The molecule has 1 aliphatic rings. The van der Waals surface area contributed by atoms with Crippen molar-refractivity contribution >= 4 is 24.0 Å². The molecule has 1 saturated heterocycles. The quantitative estimate of drug-likeness (QED) is 0.761. The highest BCUT2D eigenvalue weighted by Crippen LogP contribution is 2.29. The van der Waals surface area contributed by atoms with Gasteiger partial charge in [0.1, 0.15) is 0 Å². The van der Waals surface area contributed by atoms with Crippen molar-refractivity contribution in [2.24, 2.45) is 5.92 Å². The molecule has 0 N–H and O–H groups in total. The van der Waals surface area contributed by atoms with Crippen LogP contribution in [0.15, 0.2) is 24.3 Å². The predicted molar refractivity (Wildman–Crippen MR) is 81.7 cm³/mol. The van der Waals surface area contributed by atoms with Crippen molar-refractivity contribution in [3.63, 3.8) is 0 Å². The van der Waals surface area contributed by atoms with E-state index >= 15 is 0 Å². The largest absolute Gasteiger partial charge is 0.296 e. The lowest BCUT2D eigenvalue weighted by Crippen LogP contribution is -2.35. The Morgan fingerprint density at radius 2 is 1.78 bits per heavy atom. The fraction of sp³-hybridized carbons (Fsp3) is 0.600. The lowest BCUT2D eigenvalue weighted by atomic mass is 9.95. The molecule has 102 valence electrons. The van der Waals surface area contributed by atoms with Gasteiger partial charge in [0.05, 0.1) is 0 Å². The van der Waals surface area contributed by atoms with Gasteiger partial charge in [-0.15, -0.1) is 12.4 Å². The summed E-state index contributed by atoms with van der Waals surface area (Å²) in [7, 11) is 0. The summed E-state index contributed by atoms with van der Waals surface area (Å²) in [5.74, 6) is 0.897. The van der Waals surface area contributed by atoms with E-state index in [4.69, 9.17) is 11.6 Å². The minimum atomic E-state index is 0. The van der Waals surface area contributed by atoms with E-state index in [0.717, 1.165) is 10.9 Å². The van der Waals surface area contributed by atoms with E-state index in [0.29, 0.717) is 6.04 Å². The Morgan fingerprint density at radius 1 is 1.22 bits per heavy atom. The van der Waals surface area contributed by atoms with Crippen molar-refractivity contribution in [3.8, 4) is 0 Å². The summed E-state index contributed by atoms with van der Waals surface area (Å²) in [5, 5.41) is 0.830. The van der Waals surface area contributed by atoms with Gasteiger partial charge in [-0.1, -0.05) is 37.6 Å². The van der Waals surface area contributed by atoms with Crippen molar-refractivity contribution in [1.29, 1.82) is 0 Å². The molecule has 0 saturated carbocycles. The minimum Gasteiger partial charge on any atom is -0.296 e. The molecule has 1 aromatic rings. The van der Waals surface area contributed by atoms with Gasteiger partial charge in [0.25, 0.3) is 0 Å². The molecule has 1 fully saturated rings. The highest BCUT2D eigenvalue weighted by Gasteiger charge is 2.23. The van der Waals surface area contributed by atoms with Crippen molar-refractivity contribution in [1.82, 2.24) is 4.90 Å². The Labute approximate surface area is 122 Å². The summed E-state index contributed by atoms with van der Waals surface area (Å²) in [6.07, 6.45) is 3.85. The maximum atomic E-state index is 5.95. The highest BCUT2D eigenvalue weighted by atomic mass is 35.5. The SMILES string of the molecule is CCC(c1ccc(Cl)cc1)N1CCC(C)CC1.Cl. The molecule has 0 aliphatic carbocycles. The fourth-order valence-corrected chi connectivity index (χ4v) is 2.86. The van der Waals surface area contributed by atoms with Gasteiger partial charge in [-0.3, -0.25) is 4.90 Å². The molecule has 0 bridgehead atoms. The first kappa shape index (κ1) is 15.8. The zero-order valence-electron chi connectivity index (χ0n) is 11.2. The first-order valence-corrected chi connectivity index (χ1v) is 7.08. The van der Waals surface area contributed by atoms with Crippen LogP contribution in [-0.4, -0.2) is 18.0 Å². The van der Waals surface area contributed by atoms with Gasteiger partial charge in [-0.2, -0.15) is 0 Å². The number of rotatable bonds is 3. The molecule has 1 aromatic carbocycles. The number of benzene rings is 1. The second-order valence-corrected chi connectivity index (χ2v) is 5.63. The van der Waals surface area contributed by atoms with Crippen LogP contribution in [0.4, 0.5) is 0 Å². The van der Waals surface area contributed by atoms with Crippen LogP contribution in [0.1, 0.15) is 44.7 Å². The van der Waals surface area contributed by atoms with E-state index in [9.17, 15) is 0 Å². The van der Waals surface area contributed by atoms with Crippen LogP contribution in [0.5, 0.6) is 0 Å². The molecule has 0 radical (unpaired) electrons. The van der Waals surface area contributed by atoms with Crippen LogP contribution in [0, 0.1) is 5.92 Å². The maximum absolute atomic E-state index is 5.95. The van der Waals surface area contributed by atoms with E-state index in [1.807, 2.05) is 12.1 Å². The zero-order valence-corrected chi connectivity index (χ0v) is 12.8. The molecule has 0 amide bonds. The Bertz CT molecular complexity index is 342. The van der Waals surface area contributed by atoms with E-state index in [1.54, 1.807) is 0 Å². The molecule has 1 atom stereocenters. The summed E-state index contributed by atoms with van der Waals surface area (Å²) in [5.41, 5.74) is 1.41. The number of likely N-dealkylation sites (tertiary alicyclic amines) is 1. The first-order valence-electron chi connectivity index (χ1n) is 6.70. The average molecular weight is 288 g/mol. The molecular formula is C15H23Cl2N. The van der Waals surface area contributed by atoms with Gasteiger partial charge in [-0.25, -0.2) is 0 Å². The van der Waals surface area contributed by atoms with Gasteiger partial charge in [0, 0.05) is 11.1 Å². The maximum Gasteiger partial charge on any atom is 0.0406 e. The Hall–Kier alpha value is -0.240. The van der Waals surface area contributed by atoms with Gasteiger partial charge in [0.15, 0.2) is 0 Å². The van der Waals surface area contributed by atoms with E-state index in [-0.39, 0.29) is 12.4 Å². The van der Waals surface area contributed by atoms with Crippen LogP contribution in [-0.2, 0) is 0 Å². The van der Waals surface area contributed by atoms with Gasteiger partial charge in [-0.05, 0) is 56.0 Å². The summed E-state index contributed by atoms with van der Waals surface area (Å²) in [6, 6.07) is 8.93. The molecule has 18 heavy (non-hydrogen) atoms. The minimum absolute atomic E-state index is 0. The summed E-state index contributed by atoms with van der Waals surface area (Å²) < 4.78 is 0. The van der Waals surface area contributed by atoms with Crippen molar-refractivity contribution in [3.05, 3.63) is 34.9 Å². The second kappa shape index (κ2) is 7.37. The topological polar surface area (TPSA) is 3.24 Å². The Morgan fingerprint density at radius 3 is 2.28 bits per heavy atom. The molecule has 3 heteroatoms. The third-order valence-corrected chi connectivity index (χ3v) is 4.15. The van der Waals surface area contributed by atoms with Crippen molar-refractivity contribution < 1.29 is 0 Å². The first-order chi connectivity index (χ1) is 8.20. The molecular weight excluding hydrogens is 265 g/mol. The molecule has 2 rings (SSSR count). The molecule has 1 aliphatic heterocycles. The lowest BCUT2D eigenvalue weighted by molar-refractivity contribution is 0.134. The van der Waals surface area contributed by atoms with Crippen molar-refractivity contribution in [2.75, 3.05) is 13.1 Å². The van der Waals surface area contributed by atoms with Crippen LogP contribution < -0.4 is 0 Å². The number of hydrogen-bond acceptors (Lipinski definition) is 1. The molecule has 1 heterocycles. The van der Waals surface area contributed by atoms with E-state index in [1.165, 1.54) is 37.9 Å². The molecule has 1 unspecified atom stereocenters. The molecule has 0 spiro atoms. The third-order valence-electron chi connectivity index (χ3n) is 3.90. The Balaban J connectivity index is 0.00000162. The summed E-state index contributed by atoms with van der Waals surface area (Å²) >= 11 is 5.95. The second-order valence-electron chi connectivity index (χ2n) is 5.19. The van der Waals surface area contributed by atoms with Crippen LogP contribution in [0.3, 0.4) is 0 Å². The van der Waals surface area contributed by atoms with Crippen LogP contribution >= 0.6 is 24.0 Å². The smallest absolute Gasteiger partial charge is 0.0406 e. The standard InChI is InChI=1S/C15H22ClN.ClH/c1-3-15(13-4-6-14(16)7-5-13)17-10-8-12(2)9-11-17;/h4-7,12,15H,3,8-11H2,1-2H3;1H. The highest BCUT2D eigenvalue weighted by molar-refractivity contribution is 6.30. The normalized spacial score (nSPS) is 19.3. The number of halogens is 2. The zero-order chi connectivity index (χ0) is 12.3. The van der Waals surface area contributed by atoms with Crippen LogP contribution in [0.2, 0.25) is 5.02 Å². The van der Waals surface area contributed by atoms with Gasteiger partial charge in [0.2, 0.25) is 0 Å². The molecule has 1 nitrogen and oxygen atoms in total. The molecule has 0 aromatic heterocycles. The van der Waals surface area contributed by atoms with Crippen molar-refractivity contribution in [2.45, 2.75) is 39.2 Å². The van der Waals surface area contributed by atoms with Gasteiger partial charge >= 0.3 is 0 Å². The third kappa shape index (κ3) is 3.88. The monoisotopic (exact) mass is 287 g/mol. The van der Waals surface area contributed by atoms with E-state index < -0.39 is 0 Å². The van der Waals surface area contributed by atoms with Crippen LogP contribution in [0.25, 0.3) is 0 Å². The average Bonchev–Trinajstić information content (AvgIpc) is 2.35. The van der Waals surface area contributed by atoms with E-state index in [2.05, 4.69) is 30.9 Å². The number of piperidine rings is 1. The summed E-state index contributed by atoms with van der Waals surface area (Å²) in [6.45, 7) is 7.11. The summed E-state index contributed by atoms with van der Waals surface area (Å²) in [4.78, 5) is 2.63. The van der Waals surface area contributed by atoms with Gasteiger partial charge < -0.3 is 0 Å². The predicted octanol–water partition coefficient (Wildman–Crippen LogP) is 4.94.